The zero-order valence-corrected chi connectivity index (χ0v) is 13.5. The Morgan fingerprint density at radius 2 is 1.79 bits per heavy atom. The maximum absolute atomic E-state index is 12.0. The third-order valence-electron chi connectivity index (χ3n) is 3.36. The lowest BCUT2D eigenvalue weighted by molar-refractivity contribution is 0.537. The predicted molar refractivity (Wildman–Crippen MR) is 85.0 cm³/mol. The summed E-state index contributed by atoms with van der Waals surface area (Å²) in [4.78, 5) is 0. The predicted octanol–water partition coefficient (Wildman–Crippen LogP) is 3.33. The van der Waals surface area contributed by atoms with E-state index in [9.17, 15) is 4.21 Å². The summed E-state index contributed by atoms with van der Waals surface area (Å²) in [5, 5.41) is 3.23. The van der Waals surface area contributed by atoms with E-state index in [2.05, 4.69) is 44.3 Å². The Labute approximate surface area is 120 Å². The van der Waals surface area contributed by atoms with Crippen molar-refractivity contribution in [2.24, 2.45) is 0 Å². The van der Waals surface area contributed by atoms with Gasteiger partial charge in [-0.15, -0.1) is 0 Å². The Kier molecular flexibility index (Phi) is 7.32. The van der Waals surface area contributed by atoms with Crippen LogP contribution in [0.4, 0.5) is 0 Å². The highest BCUT2D eigenvalue weighted by atomic mass is 32.2. The van der Waals surface area contributed by atoms with E-state index >= 15 is 0 Å². The molecule has 0 fully saturated rings. The molecule has 1 N–H and O–H groups in total. The number of unbranched alkanes of at least 4 members (excludes halogenated alkanes) is 1. The lowest BCUT2D eigenvalue weighted by Crippen LogP contribution is -2.20. The van der Waals surface area contributed by atoms with E-state index in [4.69, 9.17) is 0 Å². The highest BCUT2D eigenvalue weighted by Crippen LogP contribution is 2.12. The molecule has 1 aromatic rings. The van der Waals surface area contributed by atoms with E-state index in [0.717, 1.165) is 25.0 Å². The minimum Gasteiger partial charge on any atom is -0.317 e. The fourth-order valence-electron chi connectivity index (χ4n) is 2.27. The molecule has 2 nitrogen and oxygen atoms in total. The van der Waals surface area contributed by atoms with Gasteiger partial charge in [-0.05, 0) is 46.2 Å². The van der Waals surface area contributed by atoms with Gasteiger partial charge in [0.05, 0.1) is 0 Å². The van der Waals surface area contributed by atoms with Crippen LogP contribution in [-0.4, -0.2) is 23.1 Å². The van der Waals surface area contributed by atoms with Gasteiger partial charge in [0.1, 0.15) is 0 Å². The molecule has 0 radical (unpaired) electrons. The zero-order chi connectivity index (χ0) is 14.3. The van der Waals surface area contributed by atoms with E-state index in [0.29, 0.717) is 11.8 Å². The molecular weight excluding hydrogens is 254 g/mol. The normalized spacial score (nSPS) is 14.3. The molecule has 19 heavy (non-hydrogen) atoms. The van der Waals surface area contributed by atoms with Gasteiger partial charge in [0, 0.05) is 28.3 Å². The molecule has 0 saturated heterocycles. The van der Waals surface area contributed by atoms with Crippen molar-refractivity contribution >= 4 is 10.8 Å². The second kappa shape index (κ2) is 8.49. The van der Waals surface area contributed by atoms with Crippen LogP contribution in [0.5, 0.6) is 0 Å². The zero-order valence-electron chi connectivity index (χ0n) is 12.7. The average molecular weight is 281 g/mol. The third kappa shape index (κ3) is 6.88. The van der Waals surface area contributed by atoms with Gasteiger partial charge in [0.25, 0.3) is 0 Å². The molecule has 108 valence electrons. The van der Waals surface area contributed by atoms with Gasteiger partial charge in [0.2, 0.25) is 0 Å². The monoisotopic (exact) mass is 281 g/mol. The molecule has 1 aromatic carbocycles. The Balaban J connectivity index is 2.31. The molecule has 0 aliphatic rings. The second-order valence-corrected chi connectivity index (χ2v) is 7.05. The summed E-state index contributed by atoms with van der Waals surface area (Å²) in [5.41, 5.74) is 3.73. The molecule has 2 unspecified atom stereocenters. The maximum atomic E-state index is 12.0. The highest BCUT2D eigenvalue weighted by Gasteiger charge is 2.04. The summed E-state index contributed by atoms with van der Waals surface area (Å²) in [7, 11) is 1.26. The van der Waals surface area contributed by atoms with Crippen LogP contribution in [0.15, 0.2) is 18.2 Å². The van der Waals surface area contributed by atoms with Crippen molar-refractivity contribution < 1.29 is 4.21 Å². The Morgan fingerprint density at radius 1 is 1.16 bits per heavy atom. The number of benzene rings is 1. The number of aryl methyl sites for hydroxylation is 2. The summed E-state index contributed by atoms with van der Waals surface area (Å²) in [6.07, 6.45) is 3.38. The standard InChI is InChI=1S/C16H27NOS/c1-13-9-14(2)11-16(10-13)12-19(18)8-6-5-7-15(3)17-4/h9-11,15,17H,5-8,12H2,1-4H3. The molecule has 0 heterocycles. The van der Waals surface area contributed by atoms with Gasteiger partial charge in [-0.3, -0.25) is 4.21 Å². The first-order valence-electron chi connectivity index (χ1n) is 7.10. The summed E-state index contributed by atoms with van der Waals surface area (Å²) < 4.78 is 12.0. The summed E-state index contributed by atoms with van der Waals surface area (Å²) in [6, 6.07) is 7.01. The number of hydrogen-bond donors (Lipinski definition) is 1. The highest BCUT2D eigenvalue weighted by molar-refractivity contribution is 7.84. The minimum absolute atomic E-state index is 0.563. The average Bonchev–Trinajstić information content (AvgIpc) is 2.33. The van der Waals surface area contributed by atoms with Crippen LogP contribution in [0.3, 0.4) is 0 Å². The van der Waals surface area contributed by atoms with Crippen molar-refractivity contribution in [3.63, 3.8) is 0 Å². The first kappa shape index (κ1) is 16.4. The van der Waals surface area contributed by atoms with E-state index in [1.54, 1.807) is 0 Å². The summed E-state index contributed by atoms with van der Waals surface area (Å²) >= 11 is 0. The Bertz CT molecular complexity index is 397. The number of nitrogens with one attached hydrogen (secondary N) is 1. The Morgan fingerprint density at radius 3 is 2.37 bits per heavy atom. The largest absolute Gasteiger partial charge is 0.317 e. The molecule has 3 heteroatoms. The fraction of sp³-hybridized carbons (Fsp3) is 0.625. The second-order valence-electron chi connectivity index (χ2n) is 5.47. The van der Waals surface area contributed by atoms with Gasteiger partial charge >= 0.3 is 0 Å². The summed E-state index contributed by atoms with van der Waals surface area (Å²) in [5.74, 6) is 1.52. The van der Waals surface area contributed by atoms with Crippen LogP contribution in [0.1, 0.15) is 42.9 Å². The van der Waals surface area contributed by atoms with Crippen LogP contribution in [0, 0.1) is 13.8 Å². The van der Waals surface area contributed by atoms with Gasteiger partial charge < -0.3 is 5.32 Å². The van der Waals surface area contributed by atoms with Crippen LogP contribution in [-0.2, 0) is 16.6 Å². The maximum Gasteiger partial charge on any atom is 0.0485 e. The quantitative estimate of drug-likeness (QED) is 0.741. The molecule has 1 rings (SSSR count). The van der Waals surface area contributed by atoms with Crippen molar-refractivity contribution in [2.75, 3.05) is 12.8 Å². The molecule has 0 aliphatic heterocycles. The molecule has 0 aromatic heterocycles. The lowest BCUT2D eigenvalue weighted by Gasteiger charge is -2.09. The van der Waals surface area contributed by atoms with Crippen LogP contribution in [0.2, 0.25) is 0 Å². The minimum atomic E-state index is -0.725. The van der Waals surface area contributed by atoms with Crippen molar-refractivity contribution in [1.82, 2.24) is 5.32 Å². The van der Waals surface area contributed by atoms with E-state index in [1.807, 2.05) is 7.05 Å². The molecule has 0 saturated carbocycles. The first-order chi connectivity index (χ1) is 9.01. The first-order valence-corrected chi connectivity index (χ1v) is 8.59. The topological polar surface area (TPSA) is 29.1 Å². The van der Waals surface area contributed by atoms with E-state index in [1.165, 1.54) is 16.7 Å². The van der Waals surface area contributed by atoms with Crippen LogP contribution < -0.4 is 5.32 Å². The van der Waals surface area contributed by atoms with Crippen LogP contribution in [0.25, 0.3) is 0 Å². The van der Waals surface area contributed by atoms with E-state index < -0.39 is 10.8 Å². The van der Waals surface area contributed by atoms with Crippen LogP contribution >= 0.6 is 0 Å². The summed E-state index contributed by atoms with van der Waals surface area (Å²) in [6.45, 7) is 6.38. The molecule has 0 bridgehead atoms. The van der Waals surface area contributed by atoms with Gasteiger partial charge in [0.15, 0.2) is 0 Å². The molecule has 0 amide bonds. The number of rotatable bonds is 8. The van der Waals surface area contributed by atoms with Crippen molar-refractivity contribution in [1.29, 1.82) is 0 Å². The lowest BCUT2D eigenvalue weighted by atomic mass is 10.1. The van der Waals surface area contributed by atoms with Gasteiger partial charge in [-0.2, -0.15) is 0 Å². The molecular formula is C16H27NOS. The van der Waals surface area contributed by atoms with E-state index in [-0.39, 0.29) is 0 Å². The van der Waals surface area contributed by atoms with Crippen molar-refractivity contribution in [2.45, 2.75) is 51.8 Å². The molecule has 0 spiro atoms. The fourth-order valence-corrected chi connectivity index (χ4v) is 3.48. The molecule has 2 atom stereocenters. The molecule has 0 aliphatic carbocycles. The van der Waals surface area contributed by atoms with Gasteiger partial charge in [-0.25, -0.2) is 0 Å². The van der Waals surface area contributed by atoms with Crippen molar-refractivity contribution in [3.05, 3.63) is 34.9 Å². The third-order valence-corrected chi connectivity index (χ3v) is 4.76. The smallest absolute Gasteiger partial charge is 0.0485 e. The SMILES string of the molecule is CNC(C)CCCCS(=O)Cc1cc(C)cc(C)c1. The van der Waals surface area contributed by atoms with Crippen molar-refractivity contribution in [3.8, 4) is 0 Å². The number of hydrogen-bond acceptors (Lipinski definition) is 2. The Hall–Kier alpha value is -0.670. The van der Waals surface area contributed by atoms with Gasteiger partial charge in [-0.1, -0.05) is 35.7 Å².